The maximum absolute atomic E-state index is 4.79. The van der Waals surface area contributed by atoms with Crippen molar-refractivity contribution in [3.63, 3.8) is 0 Å². The highest BCUT2D eigenvalue weighted by atomic mass is 14.9. The van der Waals surface area contributed by atoms with Gasteiger partial charge in [-0.2, -0.15) is 0 Å². The van der Waals surface area contributed by atoms with Gasteiger partial charge in [0.15, 0.2) is 0 Å². The molecular weight excluding hydrogens is 280 g/mol. The molecule has 0 fully saturated rings. The van der Waals surface area contributed by atoms with Crippen LogP contribution in [0.3, 0.4) is 0 Å². The maximum atomic E-state index is 4.79. The van der Waals surface area contributed by atoms with E-state index in [1.165, 1.54) is 18.5 Å². The van der Waals surface area contributed by atoms with Crippen LogP contribution in [0.1, 0.15) is 67.2 Å². The normalized spacial score (nSPS) is 13.6. The van der Waals surface area contributed by atoms with Crippen LogP contribution >= 0.6 is 0 Å². The zero-order valence-corrected chi connectivity index (χ0v) is 15.8. The summed E-state index contributed by atoms with van der Waals surface area (Å²) in [6, 6.07) is 10.3. The highest BCUT2D eigenvalue weighted by Crippen LogP contribution is 2.29. The van der Waals surface area contributed by atoms with Gasteiger partial charge in [0.1, 0.15) is 0 Å². The molecule has 0 heterocycles. The zero-order chi connectivity index (χ0) is 17.3. The number of rotatable bonds is 8. The SMILES string of the molecule is CCCC/C(=C\C=NC(C)(C)CC(C)(C)C)Nc1ccccc1. The van der Waals surface area contributed by atoms with Crippen LogP contribution < -0.4 is 5.32 Å². The van der Waals surface area contributed by atoms with Gasteiger partial charge in [0.25, 0.3) is 0 Å². The lowest BCUT2D eigenvalue weighted by Gasteiger charge is -2.28. The Bertz CT molecular complexity index is 504. The van der Waals surface area contributed by atoms with Crippen LogP contribution in [0.15, 0.2) is 47.1 Å². The molecule has 1 N–H and O–H groups in total. The number of nitrogens with zero attached hydrogens (tertiary/aromatic N) is 1. The molecule has 0 aliphatic rings. The molecule has 23 heavy (non-hydrogen) atoms. The van der Waals surface area contributed by atoms with Gasteiger partial charge >= 0.3 is 0 Å². The Morgan fingerprint density at radius 3 is 2.30 bits per heavy atom. The molecule has 0 bridgehead atoms. The van der Waals surface area contributed by atoms with Crippen molar-refractivity contribution < 1.29 is 0 Å². The Morgan fingerprint density at radius 2 is 1.74 bits per heavy atom. The number of para-hydroxylation sites is 1. The zero-order valence-electron chi connectivity index (χ0n) is 15.8. The summed E-state index contributed by atoms with van der Waals surface area (Å²) in [7, 11) is 0. The summed E-state index contributed by atoms with van der Waals surface area (Å²) >= 11 is 0. The van der Waals surface area contributed by atoms with Gasteiger partial charge < -0.3 is 5.32 Å². The summed E-state index contributed by atoms with van der Waals surface area (Å²) in [5.41, 5.74) is 2.63. The van der Waals surface area contributed by atoms with Crippen molar-refractivity contribution in [2.45, 2.75) is 72.8 Å². The summed E-state index contributed by atoms with van der Waals surface area (Å²) in [5, 5.41) is 3.52. The minimum atomic E-state index is -0.0304. The molecule has 1 rings (SSSR count). The number of allylic oxidation sites excluding steroid dienone is 2. The van der Waals surface area contributed by atoms with Crippen LogP contribution in [0.5, 0.6) is 0 Å². The van der Waals surface area contributed by atoms with E-state index in [0.717, 1.165) is 18.5 Å². The first kappa shape index (κ1) is 19.5. The highest BCUT2D eigenvalue weighted by molar-refractivity contribution is 5.73. The fourth-order valence-corrected chi connectivity index (χ4v) is 2.93. The summed E-state index contributed by atoms with van der Waals surface area (Å²) in [4.78, 5) is 4.79. The number of unbranched alkanes of at least 4 members (excludes halogenated alkanes) is 1. The van der Waals surface area contributed by atoms with E-state index in [4.69, 9.17) is 4.99 Å². The molecule has 0 aliphatic heterocycles. The minimum Gasteiger partial charge on any atom is -0.359 e. The average Bonchev–Trinajstić information content (AvgIpc) is 2.43. The lowest BCUT2D eigenvalue weighted by Crippen LogP contribution is -2.24. The van der Waals surface area contributed by atoms with Crippen molar-refractivity contribution in [2.75, 3.05) is 5.32 Å². The van der Waals surface area contributed by atoms with Crippen molar-refractivity contribution in [3.05, 3.63) is 42.1 Å². The molecule has 1 aromatic rings. The van der Waals surface area contributed by atoms with E-state index in [-0.39, 0.29) is 11.0 Å². The summed E-state index contributed by atoms with van der Waals surface area (Å²) in [6.45, 7) is 13.4. The largest absolute Gasteiger partial charge is 0.359 e. The number of anilines is 1. The first-order valence-electron chi connectivity index (χ1n) is 8.78. The van der Waals surface area contributed by atoms with E-state index in [9.17, 15) is 0 Å². The van der Waals surface area contributed by atoms with E-state index < -0.39 is 0 Å². The van der Waals surface area contributed by atoms with E-state index in [1.807, 2.05) is 12.3 Å². The van der Waals surface area contributed by atoms with Gasteiger partial charge in [0.2, 0.25) is 0 Å². The minimum absolute atomic E-state index is 0.0304. The topological polar surface area (TPSA) is 24.4 Å². The number of aliphatic imine (C=N–C) groups is 1. The van der Waals surface area contributed by atoms with Crippen molar-refractivity contribution >= 4 is 11.9 Å². The van der Waals surface area contributed by atoms with E-state index in [0.29, 0.717) is 0 Å². The molecule has 0 radical (unpaired) electrons. The molecule has 1 aromatic carbocycles. The molecule has 128 valence electrons. The van der Waals surface area contributed by atoms with Crippen LogP contribution in [-0.2, 0) is 0 Å². The van der Waals surface area contributed by atoms with E-state index >= 15 is 0 Å². The van der Waals surface area contributed by atoms with Crippen LogP contribution in [0.25, 0.3) is 0 Å². The second-order valence-electron chi connectivity index (χ2n) is 8.11. The third kappa shape index (κ3) is 9.22. The lowest BCUT2D eigenvalue weighted by atomic mass is 9.82. The smallest absolute Gasteiger partial charge is 0.0557 e. The standard InChI is InChI=1S/C21H34N2/c1-7-8-12-19(23-18-13-10-9-11-14-18)15-16-22-21(5,6)17-20(2,3)4/h9-11,13-16,23H,7-8,12,17H2,1-6H3/b19-15+,22-16?. The van der Waals surface area contributed by atoms with Gasteiger partial charge in [0.05, 0.1) is 5.54 Å². The monoisotopic (exact) mass is 314 g/mol. The molecule has 0 unspecified atom stereocenters. The third-order valence-corrected chi connectivity index (χ3v) is 3.54. The molecule has 2 heteroatoms. The first-order chi connectivity index (χ1) is 10.7. The molecule has 0 saturated heterocycles. The summed E-state index contributed by atoms with van der Waals surface area (Å²) in [6.07, 6.45) is 8.61. The molecule has 0 aliphatic carbocycles. The highest BCUT2D eigenvalue weighted by Gasteiger charge is 2.23. The van der Waals surface area contributed by atoms with Gasteiger partial charge in [-0.15, -0.1) is 0 Å². The fourth-order valence-electron chi connectivity index (χ4n) is 2.93. The number of nitrogens with one attached hydrogen (secondary N) is 1. The van der Waals surface area contributed by atoms with E-state index in [2.05, 4.69) is 77.2 Å². The van der Waals surface area contributed by atoms with Gasteiger partial charge in [-0.1, -0.05) is 52.3 Å². The van der Waals surface area contributed by atoms with Crippen molar-refractivity contribution in [3.8, 4) is 0 Å². The predicted octanol–water partition coefficient (Wildman–Crippen LogP) is 6.46. The van der Waals surface area contributed by atoms with Crippen LogP contribution in [0.2, 0.25) is 0 Å². The van der Waals surface area contributed by atoms with Crippen molar-refractivity contribution in [2.24, 2.45) is 10.4 Å². The summed E-state index contributed by atoms with van der Waals surface area (Å²) in [5.74, 6) is 0. The number of benzene rings is 1. The first-order valence-corrected chi connectivity index (χ1v) is 8.78. The third-order valence-electron chi connectivity index (χ3n) is 3.54. The van der Waals surface area contributed by atoms with E-state index in [1.54, 1.807) is 0 Å². The van der Waals surface area contributed by atoms with Crippen LogP contribution in [-0.4, -0.2) is 11.8 Å². The van der Waals surface area contributed by atoms with Gasteiger partial charge in [-0.05, 0) is 56.7 Å². The molecule has 0 aromatic heterocycles. The Kier molecular flexibility index (Phi) is 7.54. The van der Waals surface area contributed by atoms with Crippen LogP contribution in [0, 0.1) is 5.41 Å². The number of hydrogen-bond donors (Lipinski definition) is 1. The Labute approximate surface area is 143 Å². The molecule has 0 amide bonds. The van der Waals surface area contributed by atoms with Gasteiger partial charge in [0, 0.05) is 17.6 Å². The fraction of sp³-hybridized carbons (Fsp3) is 0.571. The van der Waals surface area contributed by atoms with Gasteiger partial charge in [-0.3, -0.25) is 4.99 Å². The summed E-state index contributed by atoms with van der Waals surface area (Å²) < 4.78 is 0. The van der Waals surface area contributed by atoms with Gasteiger partial charge in [-0.25, -0.2) is 0 Å². The second kappa shape index (κ2) is 8.90. The Balaban J connectivity index is 2.77. The number of hydrogen-bond acceptors (Lipinski definition) is 2. The molecule has 0 spiro atoms. The second-order valence-corrected chi connectivity index (χ2v) is 8.11. The predicted molar refractivity (Wildman–Crippen MR) is 104 cm³/mol. The Hall–Kier alpha value is -1.57. The van der Waals surface area contributed by atoms with Crippen molar-refractivity contribution in [1.82, 2.24) is 0 Å². The molecule has 0 saturated carbocycles. The Morgan fingerprint density at radius 1 is 1.09 bits per heavy atom. The molecule has 0 atom stereocenters. The average molecular weight is 315 g/mol. The molecule has 2 nitrogen and oxygen atoms in total. The van der Waals surface area contributed by atoms with Crippen molar-refractivity contribution in [1.29, 1.82) is 0 Å². The maximum Gasteiger partial charge on any atom is 0.0557 e. The quantitative estimate of drug-likeness (QED) is 0.547. The molecular formula is C21H34N2. The lowest BCUT2D eigenvalue weighted by molar-refractivity contribution is 0.289. The van der Waals surface area contributed by atoms with Crippen LogP contribution in [0.4, 0.5) is 5.69 Å².